The molecule has 1 aromatic heterocycles. The Hall–Kier alpha value is -0.840. The van der Waals surface area contributed by atoms with Gasteiger partial charge in [0.2, 0.25) is 0 Å². The molecule has 0 spiro atoms. The van der Waals surface area contributed by atoms with Crippen LogP contribution in [0.4, 0.5) is 0 Å². The summed E-state index contributed by atoms with van der Waals surface area (Å²) in [6.45, 7) is 7.55. The first-order chi connectivity index (χ1) is 9.69. The number of aromatic nitrogens is 1. The summed E-state index contributed by atoms with van der Waals surface area (Å²) in [5.74, 6) is 1.01. The first kappa shape index (κ1) is 15.5. The molecule has 1 unspecified atom stereocenters. The van der Waals surface area contributed by atoms with Crippen molar-refractivity contribution in [3.63, 3.8) is 0 Å². The van der Waals surface area contributed by atoms with Crippen molar-refractivity contribution in [1.29, 1.82) is 0 Å². The van der Waals surface area contributed by atoms with E-state index in [1.54, 1.807) is 11.3 Å². The number of aryl methyl sites for hydroxylation is 1. The van der Waals surface area contributed by atoms with Crippen LogP contribution in [0.25, 0.3) is 0 Å². The SMILES string of the molecule is CCCNC(C)c1cccc(SCc2cnc(C)s2)c1. The van der Waals surface area contributed by atoms with Crippen molar-refractivity contribution in [2.75, 3.05) is 6.54 Å². The summed E-state index contributed by atoms with van der Waals surface area (Å²) in [6, 6.07) is 9.26. The number of thiazole rings is 1. The molecule has 1 N–H and O–H groups in total. The lowest BCUT2D eigenvalue weighted by Crippen LogP contribution is -2.19. The van der Waals surface area contributed by atoms with Crippen LogP contribution < -0.4 is 5.32 Å². The van der Waals surface area contributed by atoms with E-state index in [0.29, 0.717) is 6.04 Å². The number of benzene rings is 1. The molecule has 0 radical (unpaired) electrons. The Kier molecular flexibility index (Phi) is 6.07. The Bertz CT molecular complexity index is 537. The van der Waals surface area contributed by atoms with E-state index in [-0.39, 0.29) is 0 Å². The molecule has 2 aromatic rings. The van der Waals surface area contributed by atoms with Gasteiger partial charge in [-0.1, -0.05) is 19.1 Å². The van der Waals surface area contributed by atoms with Crippen LogP contribution in [0.5, 0.6) is 0 Å². The number of thioether (sulfide) groups is 1. The van der Waals surface area contributed by atoms with Crippen molar-refractivity contribution >= 4 is 23.1 Å². The van der Waals surface area contributed by atoms with Gasteiger partial charge in [-0.3, -0.25) is 0 Å². The van der Waals surface area contributed by atoms with E-state index >= 15 is 0 Å². The Morgan fingerprint density at radius 1 is 1.40 bits per heavy atom. The molecule has 2 nitrogen and oxygen atoms in total. The van der Waals surface area contributed by atoms with E-state index in [0.717, 1.165) is 17.3 Å². The topological polar surface area (TPSA) is 24.9 Å². The van der Waals surface area contributed by atoms with Gasteiger partial charge in [-0.2, -0.15) is 0 Å². The zero-order valence-corrected chi connectivity index (χ0v) is 14.0. The molecule has 0 saturated carbocycles. The van der Waals surface area contributed by atoms with Gasteiger partial charge in [0.1, 0.15) is 0 Å². The molecule has 20 heavy (non-hydrogen) atoms. The van der Waals surface area contributed by atoms with Crippen LogP contribution in [-0.2, 0) is 5.75 Å². The number of rotatable bonds is 7. The fourth-order valence-corrected chi connectivity index (χ4v) is 3.76. The van der Waals surface area contributed by atoms with Crippen molar-refractivity contribution in [2.24, 2.45) is 0 Å². The summed E-state index contributed by atoms with van der Waals surface area (Å²) in [7, 11) is 0. The van der Waals surface area contributed by atoms with Crippen molar-refractivity contribution < 1.29 is 0 Å². The maximum absolute atomic E-state index is 4.30. The van der Waals surface area contributed by atoms with Crippen LogP contribution in [-0.4, -0.2) is 11.5 Å². The highest BCUT2D eigenvalue weighted by Gasteiger charge is 2.06. The van der Waals surface area contributed by atoms with Gasteiger partial charge >= 0.3 is 0 Å². The minimum atomic E-state index is 0.418. The summed E-state index contributed by atoms with van der Waals surface area (Å²) in [4.78, 5) is 6.98. The summed E-state index contributed by atoms with van der Waals surface area (Å²) < 4.78 is 0. The Morgan fingerprint density at radius 2 is 2.25 bits per heavy atom. The van der Waals surface area contributed by atoms with E-state index in [1.165, 1.54) is 21.8 Å². The lowest BCUT2D eigenvalue weighted by molar-refractivity contribution is 0.570. The standard InChI is InChI=1S/C16H22N2S2/c1-4-8-17-12(2)14-6-5-7-15(9-14)19-11-16-10-18-13(3)20-16/h5-7,9-10,12,17H,4,8,11H2,1-3H3. The molecule has 1 heterocycles. The summed E-state index contributed by atoms with van der Waals surface area (Å²) in [5, 5.41) is 4.68. The predicted octanol–water partition coefficient (Wildman–Crippen LogP) is 4.80. The largest absolute Gasteiger partial charge is 0.310 e. The van der Waals surface area contributed by atoms with Crippen LogP contribution in [0.2, 0.25) is 0 Å². The van der Waals surface area contributed by atoms with Crippen LogP contribution >= 0.6 is 23.1 Å². The third kappa shape index (κ3) is 4.62. The molecule has 2 rings (SSSR count). The van der Waals surface area contributed by atoms with Crippen molar-refractivity contribution in [2.45, 2.75) is 43.9 Å². The average molecular weight is 306 g/mol. The van der Waals surface area contributed by atoms with E-state index < -0.39 is 0 Å². The molecule has 0 aliphatic carbocycles. The number of hydrogen-bond donors (Lipinski definition) is 1. The van der Waals surface area contributed by atoms with Crippen LogP contribution in [0.3, 0.4) is 0 Å². The number of hydrogen-bond acceptors (Lipinski definition) is 4. The molecule has 0 amide bonds. The molecule has 0 aliphatic heterocycles. The third-order valence-electron chi connectivity index (χ3n) is 3.11. The highest BCUT2D eigenvalue weighted by atomic mass is 32.2. The van der Waals surface area contributed by atoms with Crippen molar-refractivity contribution in [1.82, 2.24) is 10.3 Å². The van der Waals surface area contributed by atoms with E-state index in [2.05, 4.69) is 55.3 Å². The second kappa shape index (κ2) is 7.81. The zero-order valence-electron chi connectivity index (χ0n) is 12.3. The second-order valence-electron chi connectivity index (χ2n) is 4.88. The number of nitrogens with one attached hydrogen (secondary N) is 1. The normalized spacial score (nSPS) is 12.6. The lowest BCUT2D eigenvalue weighted by Gasteiger charge is -2.14. The minimum absolute atomic E-state index is 0.418. The van der Waals surface area contributed by atoms with Crippen molar-refractivity contribution in [3.8, 4) is 0 Å². The second-order valence-corrected chi connectivity index (χ2v) is 7.25. The maximum atomic E-state index is 4.30. The molecule has 0 fully saturated rings. The van der Waals surface area contributed by atoms with Gasteiger partial charge < -0.3 is 5.32 Å². The zero-order chi connectivity index (χ0) is 14.4. The molecule has 0 saturated heterocycles. The highest BCUT2D eigenvalue weighted by molar-refractivity contribution is 7.98. The predicted molar refractivity (Wildman–Crippen MR) is 89.6 cm³/mol. The minimum Gasteiger partial charge on any atom is -0.310 e. The number of nitrogens with zero attached hydrogens (tertiary/aromatic N) is 1. The Balaban J connectivity index is 1.95. The first-order valence-electron chi connectivity index (χ1n) is 7.06. The molecule has 1 atom stereocenters. The summed E-state index contributed by atoms with van der Waals surface area (Å²) in [5.41, 5.74) is 1.36. The van der Waals surface area contributed by atoms with Crippen molar-refractivity contribution in [3.05, 3.63) is 45.9 Å². The summed E-state index contributed by atoms with van der Waals surface area (Å²) in [6.07, 6.45) is 3.16. The van der Waals surface area contributed by atoms with E-state index in [9.17, 15) is 0 Å². The molecular weight excluding hydrogens is 284 g/mol. The lowest BCUT2D eigenvalue weighted by atomic mass is 10.1. The maximum Gasteiger partial charge on any atom is 0.0897 e. The Morgan fingerprint density at radius 3 is 2.95 bits per heavy atom. The van der Waals surface area contributed by atoms with Gasteiger partial charge in [0.05, 0.1) is 5.01 Å². The van der Waals surface area contributed by atoms with E-state index in [4.69, 9.17) is 0 Å². The molecule has 108 valence electrons. The third-order valence-corrected chi connectivity index (χ3v) is 5.25. The molecule has 4 heteroatoms. The fraction of sp³-hybridized carbons (Fsp3) is 0.438. The van der Waals surface area contributed by atoms with Crippen LogP contribution in [0.1, 0.15) is 41.8 Å². The van der Waals surface area contributed by atoms with Gasteiger partial charge in [-0.25, -0.2) is 4.98 Å². The Labute approximate surface area is 130 Å². The highest BCUT2D eigenvalue weighted by Crippen LogP contribution is 2.27. The average Bonchev–Trinajstić information content (AvgIpc) is 2.88. The van der Waals surface area contributed by atoms with Gasteiger partial charge in [0.25, 0.3) is 0 Å². The smallest absolute Gasteiger partial charge is 0.0897 e. The van der Waals surface area contributed by atoms with Gasteiger partial charge in [0, 0.05) is 27.8 Å². The first-order valence-corrected chi connectivity index (χ1v) is 8.86. The fourth-order valence-electron chi connectivity index (χ4n) is 1.98. The molecule has 1 aromatic carbocycles. The quantitative estimate of drug-likeness (QED) is 0.743. The summed E-state index contributed by atoms with van der Waals surface area (Å²) >= 11 is 3.67. The van der Waals surface area contributed by atoms with Gasteiger partial charge in [0.15, 0.2) is 0 Å². The van der Waals surface area contributed by atoms with Gasteiger partial charge in [-0.15, -0.1) is 23.1 Å². The monoisotopic (exact) mass is 306 g/mol. The van der Waals surface area contributed by atoms with Crippen LogP contribution in [0, 0.1) is 6.92 Å². The van der Waals surface area contributed by atoms with E-state index in [1.807, 2.05) is 18.0 Å². The van der Waals surface area contributed by atoms with Crippen LogP contribution in [0.15, 0.2) is 35.4 Å². The van der Waals surface area contributed by atoms with Gasteiger partial charge in [-0.05, 0) is 44.5 Å². The molecule has 0 bridgehead atoms. The molecule has 0 aliphatic rings. The molecular formula is C16H22N2S2.